The number of hydrogen-bond acceptors (Lipinski definition) is 15. The first-order valence-corrected chi connectivity index (χ1v) is 43.1. The number of aliphatic hydroxyl groups excluding tert-OH is 1. The quantitative estimate of drug-likeness (QED) is 0.0169. The Balaban J connectivity index is 5.36. The zero-order chi connectivity index (χ0) is 74.6. The molecule has 0 rings (SSSR count). The van der Waals surface area contributed by atoms with Crippen LogP contribution < -0.4 is 0 Å². The lowest BCUT2D eigenvalue weighted by Gasteiger charge is -2.21. The topological polar surface area (TPSA) is 237 Å². The van der Waals surface area contributed by atoms with Crippen LogP contribution >= 0.6 is 15.6 Å². The molecule has 5 atom stereocenters. The first kappa shape index (κ1) is 97.7. The van der Waals surface area contributed by atoms with Crippen molar-refractivity contribution in [2.75, 3.05) is 39.6 Å². The van der Waals surface area contributed by atoms with Crippen LogP contribution in [0.2, 0.25) is 0 Å². The van der Waals surface area contributed by atoms with Crippen molar-refractivity contribution in [2.24, 2.45) is 0 Å². The van der Waals surface area contributed by atoms with Crippen LogP contribution in [0.4, 0.5) is 0 Å². The predicted octanol–water partition coefficient (Wildman–Crippen LogP) is 23.3. The minimum absolute atomic E-state index is 0.0714. The van der Waals surface area contributed by atoms with Crippen LogP contribution in [-0.2, 0) is 65.4 Å². The standard InChI is InChI=1S/C83H144O17P2/c1-5-9-13-17-21-25-29-32-35-37-38-40-43-45-49-52-56-60-64-68-81(86)94-74-79(100-83(88)70-66-62-58-54-50-46-41-34-31-27-23-19-15-11-7-3)76-98-102(91,92)96-72-77(84)71-95-101(89,90)97-75-78(99-82(87)69-65-61-57-53-47-28-24-20-16-12-8-4)73-93-80(85)67-63-59-55-51-48-44-42-39-36-33-30-26-22-18-14-10-6-2/h10,14,20-22,24-26,32-33,35-36,38,40,42,44,51,55,77-79,84H,5-9,11-13,15-19,23,27-31,34,37,39,41,43,45-50,52-54,56-76H2,1-4H3,(H,89,90)(H,91,92)/b14-10-,24-20-,25-21-,26-22-,35-32-,36-33-,40-38-,44-42-,55-51-. The number of unbranched alkanes of at least 4 members (excludes halogenated alkanes) is 31. The second-order valence-electron chi connectivity index (χ2n) is 26.6. The van der Waals surface area contributed by atoms with Gasteiger partial charge in [0.05, 0.1) is 26.4 Å². The maximum absolute atomic E-state index is 13.1. The number of esters is 4. The van der Waals surface area contributed by atoms with E-state index in [0.29, 0.717) is 32.1 Å². The van der Waals surface area contributed by atoms with Crippen LogP contribution in [0.25, 0.3) is 0 Å². The van der Waals surface area contributed by atoms with E-state index in [4.69, 9.17) is 37.0 Å². The second kappa shape index (κ2) is 75.0. The molecule has 3 N–H and O–H groups in total. The normalized spacial score (nSPS) is 14.5. The van der Waals surface area contributed by atoms with Crippen molar-refractivity contribution in [3.63, 3.8) is 0 Å². The molecule has 0 aliphatic rings. The van der Waals surface area contributed by atoms with Gasteiger partial charge in [0.1, 0.15) is 19.3 Å². The highest BCUT2D eigenvalue weighted by Crippen LogP contribution is 2.45. The van der Waals surface area contributed by atoms with Crippen LogP contribution in [0.3, 0.4) is 0 Å². The summed E-state index contributed by atoms with van der Waals surface area (Å²) in [4.78, 5) is 72.9. The Labute approximate surface area is 619 Å². The zero-order valence-corrected chi connectivity index (χ0v) is 66.0. The zero-order valence-electron chi connectivity index (χ0n) is 64.3. The minimum Gasteiger partial charge on any atom is -0.462 e. The van der Waals surface area contributed by atoms with Crippen LogP contribution in [0.1, 0.15) is 336 Å². The number of carbonyl (C=O) groups is 4. The van der Waals surface area contributed by atoms with Gasteiger partial charge in [-0.3, -0.25) is 37.3 Å². The van der Waals surface area contributed by atoms with Gasteiger partial charge in [-0.15, -0.1) is 0 Å². The molecule has 0 radical (unpaired) electrons. The molecule has 0 fully saturated rings. The molecule has 102 heavy (non-hydrogen) atoms. The fourth-order valence-electron chi connectivity index (χ4n) is 10.6. The number of aliphatic hydroxyl groups is 1. The molecule has 5 unspecified atom stereocenters. The number of hydrogen-bond donors (Lipinski definition) is 3. The first-order valence-electron chi connectivity index (χ1n) is 40.1. The summed E-state index contributed by atoms with van der Waals surface area (Å²) in [6, 6.07) is 0. The number of phosphoric ester groups is 2. The Hall–Kier alpha value is -4.28. The third kappa shape index (κ3) is 74.0. The predicted molar refractivity (Wildman–Crippen MR) is 418 cm³/mol. The molecule has 0 saturated heterocycles. The maximum atomic E-state index is 13.1. The third-order valence-electron chi connectivity index (χ3n) is 16.7. The van der Waals surface area contributed by atoms with Crippen molar-refractivity contribution in [1.82, 2.24) is 0 Å². The van der Waals surface area contributed by atoms with E-state index in [1.54, 1.807) is 0 Å². The second-order valence-corrected chi connectivity index (χ2v) is 29.5. The van der Waals surface area contributed by atoms with E-state index in [0.717, 1.165) is 154 Å². The van der Waals surface area contributed by atoms with Crippen molar-refractivity contribution in [2.45, 2.75) is 354 Å². The number of phosphoric acid groups is 2. The van der Waals surface area contributed by atoms with Crippen molar-refractivity contribution in [3.05, 3.63) is 109 Å². The Bertz CT molecular complexity index is 2360. The third-order valence-corrected chi connectivity index (χ3v) is 18.6. The number of rotatable bonds is 75. The van der Waals surface area contributed by atoms with E-state index < -0.39 is 97.5 Å². The largest absolute Gasteiger partial charge is 0.472 e. The van der Waals surface area contributed by atoms with E-state index in [9.17, 15) is 43.2 Å². The Kier molecular flexibility index (Phi) is 71.8. The molecule has 0 aliphatic carbocycles. The molecular formula is C83H144O17P2. The summed E-state index contributed by atoms with van der Waals surface area (Å²) in [5.41, 5.74) is 0. The fraction of sp³-hybridized carbons (Fsp3) is 0.735. The highest BCUT2D eigenvalue weighted by molar-refractivity contribution is 7.47. The van der Waals surface area contributed by atoms with Crippen LogP contribution in [0.15, 0.2) is 109 Å². The minimum atomic E-state index is -4.99. The molecular weight excluding hydrogens is 1330 g/mol. The molecule has 0 aromatic heterocycles. The number of ether oxygens (including phenoxy) is 4. The Morgan fingerprint density at radius 2 is 0.529 bits per heavy atom. The van der Waals surface area contributed by atoms with E-state index in [-0.39, 0.29) is 25.7 Å². The number of allylic oxidation sites excluding steroid dienone is 18. The van der Waals surface area contributed by atoms with Gasteiger partial charge < -0.3 is 33.8 Å². The van der Waals surface area contributed by atoms with Crippen molar-refractivity contribution >= 4 is 39.5 Å². The molecule has 0 aliphatic heterocycles. The van der Waals surface area contributed by atoms with Gasteiger partial charge in [-0.25, -0.2) is 9.13 Å². The monoisotopic (exact) mass is 1470 g/mol. The molecule has 588 valence electrons. The Morgan fingerprint density at radius 3 is 0.882 bits per heavy atom. The van der Waals surface area contributed by atoms with E-state index >= 15 is 0 Å². The van der Waals surface area contributed by atoms with Crippen LogP contribution in [0, 0.1) is 0 Å². The average molecular weight is 1480 g/mol. The van der Waals surface area contributed by atoms with Crippen LogP contribution in [0.5, 0.6) is 0 Å². The lowest BCUT2D eigenvalue weighted by atomic mass is 10.0. The summed E-state index contributed by atoms with van der Waals surface area (Å²) in [5, 5.41) is 10.6. The van der Waals surface area contributed by atoms with Gasteiger partial charge in [-0.2, -0.15) is 0 Å². The molecule has 17 nitrogen and oxygen atoms in total. The fourth-order valence-corrected chi connectivity index (χ4v) is 12.2. The average Bonchev–Trinajstić information content (AvgIpc) is 0.926. The maximum Gasteiger partial charge on any atom is 0.472 e. The summed E-state index contributed by atoms with van der Waals surface area (Å²) in [5.74, 6) is -2.25. The van der Waals surface area contributed by atoms with Gasteiger partial charge in [0, 0.05) is 25.7 Å². The van der Waals surface area contributed by atoms with Gasteiger partial charge in [-0.1, -0.05) is 298 Å². The summed E-state index contributed by atoms with van der Waals surface area (Å²) < 4.78 is 68.5. The summed E-state index contributed by atoms with van der Waals surface area (Å²) >= 11 is 0. The lowest BCUT2D eigenvalue weighted by Crippen LogP contribution is -2.30. The van der Waals surface area contributed by atoms with Gasteiger partial charge in [0.15, 0.2) is 12.2 Å². The van der Waals surface area contributed by atoms with E-state index in [1.165, 1.54) is 96.3 Å². The van der Waals surface area contributed by atoms with E-state index in [1.807, 2.05) is 12.2 Å². The van der Waals surface area contributed by atoms with Gasteiger partial charge in [-0.05, 0) is 122 Å². The lowest BCUT2D eigenvalue weighted by molar-refractivity contribution is -0.161. The van der Waals surface area contributed by atoms with E-state index in [2.05, 4.69) is 125 Å². The first-order chi connectivity index (χ1) is 49.7. The summed E-state index contributed by atoms with van der Waals surface area (Å²) in [6.07, 6.45) is 80.8. The molecule has 0 aromatic carbocycles. The van der Waals surface area contributed by atoms with Crippen molar-refractivity contribution in [1.29, 1.82) is 0 Å². The SMILES string of the molecule is CC/C=C\C/C=C\C/C=C\C/C=C\C/C=C\CCCC(=O)OCC(COP(=O)(O)OCC(O)COP(=O)(O)OCC(COC(=O)CCCCCCCC/C=C\C/C=C\C/C=C\CCCCC)OC(=O)CCCCCCCCCCCCCCCCC)OC(=O)CCCCCCC/C=C\CCCC. The molecule has 0 aromatic rings. The molecule has 0 heterocycles. The molecule has 0 saturated carbocycles. The molecule has 0 spiro atoms. The molecule has 19 heteroatoms. The van der Waals surface area contributed by atoms with Crippen molar-refractivity contribution in [3.8, 4) is 0 Å². The number of carbonyl (C=O) groups excluding carboxylic acids is 4. The summed E-state index contributed by atoms with van der Waals surface area (Å²) in [7, 11) is -9.97. The van der Waals surface area contributed by atoms with Gasteiger partial charge in [0.25, 0.3) is 0 Å². The van der Waals surface area contributed by atoms with Crippen molar-refractivity contribution < 1.29 is 80.2 Å². The smallest absolute Gasteiger partial charge is 0.462 e. The molecule has 0 bridgehead atoms. The highest BCUT2D eigenvalue weighted by atomic mass is 31.2. The van der Waals surface area contributed by atoms with Gasteiger partial charge in [0.2, 0.25) is 0 Å². The van der Waals surface area contributed by atoms with Gasteiger partial charge >= 0.3 is 39.5 Å². The summed E-state index contributed by atoms with van der Waals surface area (Å²) in [6.45, 7) is 4.64. The Morgan fingerprint density at radius 1 is 0.284 bits per heavy atom. The van der Waals surface area contributed by atoms with Crippen LogP contribution in [-0.4, -0.2) is 96.7 Å². The molecule has 0 amide bonds. The highest BCUT2D eigenvalue weighted by Gasteiger charge is 2.30.